The molecule has 0 bridgehead atoms. The molecule has 1 atom stereocenters. The molecule has 0 saturated carbocycles. The second kappa shape index (κ2) is 12.9. The molecule has 0 aliphatic rings. The van der Waals surface area contributed by atoms with E-state index in [1.165, 1.54) is 16.5 Å². The second-order valence-electron chi connectivity index (χ2n) is 9.88. The van der Waals surface area contributed by atoms with Crippen LogP contribution in [0.2, 0.25) is 0 Å². The number of methoxy groups -OCH3 is 1. The summed E-state index contributed by atoms with van der Waals surface area (Å²) in [5.74, 6) is 0.157. The summed E-state index contributed by atoms with van der Waals surface area (Å²) in [5.41, 5.74) is 3.06. The Balaban J connectivity index is 1.77. The van der Waals surface area contributed by atoms with Crippen LogP contribution >= 0.6 is 0 Å². The molecule has 0 fully saturated rings. The maximum Gasteiger partial charge on any atom is 0.249 e. The molecular formula is C30H34N6O4. The van der Waals surface area contributed by atoms with Gasteiger partial charge in [0.1, 0.15) is 23.9 Å². The number of ether oxygens (including phenoxy) is 1. The zero-order valence-electron chi connectivity index (χ0n) is 23.1. The van der Waals surface area contributed by atoms with E-state index in [4.69, 9.17) is 4.74 Å². The van der Waals surface area contributed by atoms with Gasteiger partial charge < -0.3 is 15.4 Å². The monoisotopic (exact) mass is 542 g/mol. The average molecular weight is 543 g/mol. The van der Waals surface area contributed by atoms with Gasteiger partial charge in [0.2, 0.25) is 17.7 Å². The summed E-state index contributed by atoms with van der Waals surface area (Å²) < 4.78 is 6.84. The smallest absolute Gasteiger partial charge is 0.249 e. The summed E-state index contributed by atoms with van der Waals surface area (Å²) in [6.07, 6.45) is 0.797. The molecule has 3 amide bonds. The number of hydrogen-bond acceptors (Lipinski definition) is 6. The lowest BCUT2D eigenvalue weighted by Crippen LogP contribution is -2.45. The Morgan fingerprint density at radius 1 is 0.975 bits per heavy atom. The first-order valence-electron chi connectivity index (χ1n) is 13.2. The molecule has 1 unspecified atom stereocenters. The summed E-state index contributed by atoms with van der Waals surface area (Å²) in [6.45, 7) is 5.93. The third-order valence-electron chi connectivity index (χ3n) is 6.40. The molecule has 10 heteroatoms. The minimum absolute atomic E-state index is 0.139. The van der Waals surface area contributed by atoms with E-state index in [2.05, 4.69) is 34.8 Å². The number of benzene rings is 3. The number of amides is 3. The Bertz CT molecular complexity index is 1460. The summed E-state index contributed by atoms with van der Waals surface area (Å²) in [5, 5.41) is 14.1. The molecule has 0 aliphatic heterocycles. The van der Waals surface area contributed by atoms with Gasteiger partial charge in [-0.05, 0) is 66.4 Å². The van der Waals surface area contributed by atoms with Crippen molar-refractivity contribution in [3.8, 4) is 5.75 Å². The van der Waals surface area contributed by atoms with Gasteiger partial charge in [0.25, 0.3) is 0 Å². The van der Waals surface area contributed by atoms with Crippen molar-refractivity contribution in [2.45, 2.75) is 39.8 Å². The van der Waals surface area contributed by atoms with Crippen LogP contribution in [0.25, 0.3) is 11.0 Å². The first kappa shape index (κ1) is 28.3. The van der Waals surface area contributed by atoms with Crippen LogP contribution in [-0.4, -0.2) is 46.4 Å². The Labute approximate surface area is 233 Å². The van der Waals surface area contributed by atoms with Crippen molar-refractivity contribution in [1.29, 1.82) is 0 Å². The normalized spacial score (nSPS) is 11.7. The van der Waals surface area contributed by atoms with Gasteiger partial charge in [-0.3, -0.25) is 19.3 Å². The molecule has 1 aromatic heterocycles. The average Bonchev–Trinajstić information content (AvgIpc) is 3.34. The largest absolute Gasteiger partial charge is 0.497 e. The highest BCUT2D eigenvalue weighted by Gasteiger charge is 2.33. The summed E-state index contributed by atoms with van der Waals surface area (Å²) in [7, 11) is 1.57. The molecule has 208 valence electrons. The van der Waals surface area contributed by atoms with E-state index in [1.807, 2.05) is 24.3 Å². The zero-order valence-corrected chi connectivity index (χ0v) is 23.1. The second-order valence-corrected chi connectivity index (χ2v) is 9.88. The highest BCUT2D eigenvalue weighted by atomic mass is 16.5. The quantitative estimate of drug-likeness (QED) is 0.291. The van der Waals surface area contributed by atoms with E-state index in [0.717, 1.165) is 6.42 Å². The van der Waals surface area contributed by atoms with E-state index in [9.17, 15) is 14.4 Å². The SMILES string of the molecule is COc1ccc(C(C(=O)NCCC(C)C)N(C(=O)Cn2nnc3ccccc32)c2ccc(NC(C)=O)cc2)cc1. The maximum absolute atomic E-state index is 14.1. The van der Waals surface area contributed by atoms with Crippen molar-refractivity contribution in [2.24, 2.45) is 5.92 Å². The number of nitrogens with one attached hydrogen (secondary N) is 2. The molecule has 1 heterocycles. The standard InChI is InChI=1S/C30H34N6O4/c1-20(2)17-18-31-30(39)29(22-9-15-25(40-4)16-10-22)36(24-13-11-23(12-14-24)32-21(3)37)28(38)19-35-27-8-6-5-7-26(27)33-34-35/h5-16,20,29H,17-19H2,1-4H3,(H,31,39)(H,32,37). The number of anilines is 2. The van der Waals surface area contributed by atoms with Crippen molar-refractivity contribution in [3.05, 3.63) is 78.4 Å². The van der Waals surface area contributed by atoms with E-state index < -0.39 is 6.04 Å². The fourth-order valence-corrected chi connectivity index (χ4v) is 4.37. The highest BCUT2D eigenvalue weighted by Crippen LogP contribution is 2.31. The molecule has 3 aromatic carbocycles. The molecule has 0 saturated heterocycles. The van der Waals surface area contributed by atoms with Crippen molar-refractivity contribution in [2.75, 3.05) is 23.9 Å². The van der Waals surface area contributed by atoms with Gasteiger partial charge in [-0.25, -0.2) is 4.68 Å². The van der Waals surface area contributed by atoms with Gasteiger partial charge in [-0.1, -0.05) is 43.3 Å². The van der Waals surface area contributed by atoms with Crippen LogP contribution in [0.5, 0.6) is 5.75 Å². The van der Waals surface area contributed by atoms with Crippen LogP contribution in [0.3, 0.4) is 0 Å². The van der Waals surface area contributed by atoms with Crippen molar-refractivity contribution < 1.29 is 19.1 Å². The van der Waals surface area contributed by atoms with Crippen molar-refractivity contribution in [1.82, 2.24) is 20.3 Å². The van der Waals surface area contributed by atoms with Gasteiger partial charge in [-0.15, -0.1) is 5.10 Å². The molecule has 4 rings (SSSR count). The number of para-hydroxylation sites is 1. The Hall–Kier alpha value is -4.73. The molecular weight excluding hydrogens is 508 g/mol. The molecule has 10 nitrogen and oxygen atoms in total. The first-order chi connectivity index (χ1) is 19.3. The number of carbonyl (C=O) groups is 3. The van der Waals surface area contributed by atoms with Crippen molar-refractivity contribution in [3.63, 3.8) is 0 Å². The Kier molecular flexibility index (Phi) is 9.11. The van der Waals surface area contributed by atoms with Gasteiger partial charge in [0.15, 0.2) is 0 Å². The topological polar surface area (TPSA) is 118 Å². The lowest BCUT2D eigenvalue weighted by Gasteiger charge is -2.32. The van der Waals surface area contributed by atoms with Gasteiger partial charge in [-0.2, -0.15) is 0 Å². The summed E-state index contributed by atoms with van der Waals surface area (Å²) in [6, 6.07) is 20.3. The zero-order chi connectivity index (χ0) is 28.6. The van der Waals surface area contributed by atoms with Crippen molar-refractivity contribution >= 4 is 40.1 Å². The van der Waals surface area contributed by atoms with Crippen LogP contribution in [0.1, 0.15) is 38.8 Å². The molecule has 40 heavy (non-hydrogen) atoms. The third kappa shape index (κ3) is 6.82. The molecule has 0 radical (unpaired) electrons. The van der Waals surface area contributed by atoms with Crippen LogP contribution in [0.15, 0.2) is 72.8 Å². The number of nitrogens with zero attached hydrogens (tertiary/aromatic N) is 4. The predicted octanol–water partition coefficient (Wildman–Crippen LogP) is 4.34. The lowest BCUT2D eigenvalue weighted by atomic mass is 10.0. The highest BCUT2D eigenvalue weighted by molar-refractivity contribution is 6.02. The Morgan fingerprint density at radius 3 is 2.33 bits per heavy atom. The summed E-state index contributed by atoms with van der Waals surface area (Å²) >= 11 is 0. The molecule has 2 N–H and O–H groups in total. The minimum atomic E-state index is -0.980. The Morgan fingerprint density at radius 2 is 1.68 bits per heavy atom. The molecule has 0 spiro atoms. The number of aromatic nitrogens is 3. The van der Waals surface area contributed by atoms with Crippen LogP contribution in [0, 0.1) is 5.92 Å². The predicted molar refractivity (Wildman–Crippen MR) is 154 cm³/mol. The van der Waals surface area contributed by atoms with Gasteiger partial charge >= 0.3 is 0 Å². The van der Waals surface area contributed by atoms with E-state index in [1.54, 1.807) is 55.6 Å². The van der Waals surface area contributed by atoms with Crippen LogP contribution in [-0.2, 0) is 20.9 Å². The van der Waals surface area contributed by atoms with Crippen LogP contribution in [0.4, 0.5) is 11.4 Å². The number of carbonyl (C=O) groups excluding carboxylic acids is 3. The summed E-state index contributed by atoms with van der Waals surface area (Å²) in [4.78, 5) is 40.9. The van der Waals surface area contributed by atoms with Gasteiger partial charge in [0, 0.05) is 24.8 Å². The first-order valence-corrected chi connectivity index (χ1v) is 13.2. The fraction of sp³-hybridized carbons (Fsp3) is 0.300. The molecule has 0 aliphatic carbocycles. The van der Waals surface area contributed by atoms with E-state index >= 15 is 0 Å². The number of rotatable bonds is 11. The third-order valence-corrected chi connectivity index (χ3v) is 6.40. The van der Waals surface area contributed by atoms with Gasteiger partial charge in [0.05, 0.1) is 12.6 Å². The van der Waals surface area contributed by atoms with Crippen LogP contribution < -0.4 is 20.3 Å². The van der Waals surface area contributed by atoms with E-state index in [-0.39, 0.29) is 24.3 Å². The lowest BCUT2D eigenvalue weighted by molar-refractivity contribution is -0.127. The number of fused-ring (bicyclic) bond motifs is 1. The maximum atomic E-state index is 14.1. The van der Waals surface area contributed by atoms with E-state index in [0.29, 0.717) is 46.2 Å². The molecule has 4 aromatic rings. The number of hydrogen-bond donors (Lipinski definition) is 2. The minimum Gasteiger partial charge on any atom is -0.497 e. The fourth-order valence-electron chi connectivity index (χ4n) is 4.37.